The van der Waals surface area contributed by atoms with E-state index in [2.05, 4.69) is 19.2 Å². The SMILES string of the molecule is CC(C)CCS(=O)(=O)N1CCNCC1(C)C. The molecule has 4 nitrogen and oxygen atoms in total. The van der Waals surface area contributed by atoms with Crippen molar-refractivity contribution in [1.29, 1.82) is 0 Å². The first-order valence-electron chi connectivity index (χ1n) is 5.97. The molecule has 5 heteroatoms. The van der Waals surface area contributed by atoms with Crippen LogP contribution in [0.1, 0.15) is 34.1 Å². The van der Waals surface area contributed by atoms with Crippen LogP contribution in [0.25, 0.3) is 0 Å². The number of rotatable bonds is 4. The molecule has 1 fully saturated rings. The van der Waals surface area contributed by atoms with E-state index in [1.165, 1.54) is 0 Å². The van der Waals surface area contributed by atoms with Gasteiger partial charge in [-0.25, -0.2) is 8.42 Å². The highest BCUT2D eigenvalue weighted by Gasteiger charge is 2.37. The molecule has 1 heterocycles. The topological polar surface area (TPSA) is 49.4 Å². The van der Waals surface area contributed by atoms with Gasteiger partial charge in [0.05, 0.1) is 5.75 Å². The summed E-state index contributed by atoms with van der Waals surface area (Å²) in [6.45, 7) is 10.1. The lowest BCUT2D eigenvalue weighted by Crippen LogP contribution is -2.60. The highest BCUT2D eigenvalue weighted by molar-refractivity contribution is 7.89. The Balaban J connectivity index is 2.73. The van der Waals surface area contributed by atoms with E-state index in [0.717, 1.165) is 19.5 Å². The summed E-state index contributed by atoms with van der Waals surface area (Å²) in [7, 11) is -3.09. The minimum atomic E-state index is -3.09. The van der Waals surface area contributed by atoms with Crippen molar-refractivity contribution in [2.75, 3.05) is 25.4 Å². The van der Waals surface area contributed by atoms with Gasteiger partial charge in [-0.3, -0.25) is 0 Å². The average Bonchev–Trinajstić information content (AvgIpc) is 2.14. The van der Waals surface area contributed by atoms with E-state index < -0.39 is 10.0 Å². The molecule has 0 spiro atoms. The number of hydrogen-bond donors (Lipinski definition) is 1. The summed E-state index contributed by atoms with van der Waals surface area (Å²) >= 11 is 0. The van der Waals surface area contributed by atoms with Crippen LogP contribution in [0.4, 0.5) is 0 Å². The molecule has 96 valence electrons. The Hall–Kier alpha value is -0.130. The van der Waals surface area contributed by atoms with Crippen LogP contribution in [0.3, 0.4) is 0 Å². The standard InChI is InChI=1S/C11H24N2O2S/c1-10(2)5-8-16(14,15)13-7-6-12-9-11(13,3)4/h10,12H,5-9H2,1-4H3. The van der Waals surface area contributed by atoms with Crippen molar-refractivity contribution in [3.05, 3.63) is 0 Å². The largest absolute Gasteiger partial charge is 0.314 e. The molecule has 0 saturated carbocycles. The van der Waals surface area contributed by atoms with Gasteiger partial charge in [0, 0.05) is 25.2 Å². The highest BCUT2D eigenvalue weighted by Crippen LogP contribution is 2.21. The number of hydrogen-bond acceptors (Lipinski definition) is 3. The lowest BCUT2D eigenvalue weighted by atomic mass is 10.0. The van der Waals surface area contributed by atoms with Gasteiger partial charge >= 0.3 is 0 Å². The molecular formula is C11H24N2O2S. The third-order valence-electron chi connectivity index (χ3n) is 3.01. The molecule has 1 aliphatic heterocycles. The number of sulfonamides is 1. The third-order valence-corrected chi connectivity index (χ3v) is 5.11. The smallest absolute Gasteiger partial charge is 0.214 e. The molecule has 1 rings (SSSR count). The molecule has 0 aromatic carbocycles. The molecule has 0 radical (unpaired) electrons. The molecule has 0 aromatic rings. The maximum Gasteiger partial charge on any atom is 0.214 e. The monoisotopic (exact) mass is 248 g/mol. The predicted molar refractivity (Wildman–Crippen MR) is 66.9 cm³/mol. The van der Waals surface area contributed by atoms with Crippen LogP contribution < -0.4 is 5.32 Å². The zero-order chi connectivity index (χ0) is 12.4. The first-order valence-corrected chi connectivity index (χ1v) is 7.58. The van der Waals surface area contributed by atoms with Crippen LogP contribution in [-0.2, 0) is 10.0 Å². The second-order valence-corrected chi connectivity index (χ2v) is 7.57. The Morgan fingerprint density at radius 3 is 2.50 bits per heavy atom. The van der Waals surface area contributed by atoms with E-state index in [1.807, 2.05) is 13.8 Å². The van der Waals surface area contributed by atoms with Crippen molar-refractivity contribution in [2.45, 2.75) is 39.7 Å². The molecule has 1 N–H and O–H groups in total. The summed E-state index contributed by atoms with van der Waals surface area (Å²) in [6.07, 6.45) is 0.738. The Kier molecular flexibility index (Phi) is 4.37. The van der Waals surface area contributed by atoms with Crippen LogP contribution in [-0.4, -0.2) is 43.6 Å². The zero-order valence-electron chi connectivity index (χ0n) is 10.8. The zero-order valence-corrected chi connectivity index (χ0v) is 11.6. The summed E-state index contributed by atoms with van der Waals surface area (Å²) in [6, 6.07) is 0. The van der Waals surface area contributed by atoms with Crippen molar-refractivity contribution < 1.29 is 8.42 Å². The first kappa shape index (κ1) is 13.9. The Morgan fingerprint density at radius 1 is 1.38 bits per heavy atom. The average molecular weight is 248 g/mol. The molecule has 1 aliphatic rings. The summed E-state index contributed by atoms with van der Waals surface area (Å²) < 4.78 is 26.1. The van der Waals surface area contributed by atoms with E-state index in [9.17, 15) is 8.42 Å². The van der Waals surface area contributed by atoms with Gasteiger partial charge in [-0.1, -0.05) is 13.8 Å². The number of piperazine rings is 1. The van der Waals surface area contributed by atoms with E-state index in [1.54, 1.807) is 4.31 Å². The summed E-state index contributed by atoms with van der Waals surface area (Å²) in [4.78, 5) is 0. The normalized spacial score (nSPS) is 22.6. The Morgan fingerprint density at radius 2 is 2.00 bits per heavy atom. The summed E-state index contributed by atoms with van der Waals surface area (Å²) in [5.74, 6) is 0.703. The van der Waals surface area contributed by atoms with Crippen LogP contribution in [0.15, 0.2) is 0 Å². The Labute approximate surface area is 99.5 Å². The minimum Gasteiger partial charge on any atom is -0.314 e. The van der Waals surface area contributed by atoms with Gasteiger partial charge < -0.3 is 5.32 Å². The highest BCUT2D eigenvalue weighted by atomic mass is 32.2. The van der Waals surface area contributed by atoms with Gasteiger partial charge in [-0.05, 0) is 26.2 Å². The molecule has 16 heavy (non-hydrogen) atoms. The molecule has 0 bridgehead atoms. The molecular weight excluding hydrogens is 224 g/mol. The van der Waals surface area contributed by atoms with E-state index in [0.29, 0.717) is 12.5 Å². The lowest BCUT2D eigenvalue weighted by Gasteiger charge is -2.41. The molecule has 0 atom stereocenters. The summed E-state index contributed by atoms with van der Waals surface area (Å²) in [5.41, 5.74) is -0.298. The molecule has 0 aromatic heterocycles. The number of nitrogens with one attached hydrogen (secondary N) is 1. The lowest BCUT2D eigenvalue weighted by molar-refractivity contribution is 0.185. The van der Waals surface area contributed by atoms with Crippen molar-refractivity contribution >= 4 is 10.0 Å². The van der Waals surface area contributed by atoms with Crippen LogP contribution in [0, 0.1) is 5.92 Å². The quantitative estimate of drug-likeness (QED) is 0.809. The van der Waals surface area contributed by atoms with Crippen molar-refractivity contribution in [3.8, 4) is 0 Å². The molecule has 0 amide bonds. The van der Waals surface area contributed by atoms with Crippen molar-refractivity contribution in [3.63, 3.8) is 0 Å². The van der Waals surface area contributed by atoms with Crippen molar-refractivity contribution in [2.24, 2.45) is 5.92 Å². The summed E-state index contributed by atoms with van der Waals surface area (Å²) in [5, 5.41) is 3.24. The number of nitrogens with zero attached hydrogens (tertiary/aromatic N) is 1. The second-order valence-electron chi connectivity index (χ2n) is 5.56. The second kappa shape index (κ2) is 5.02. The fourth-order valence-electron chi connectivity index (χ4n) is 1.98. The van der Waals surface area contributed by atoms with Crippen LogP contribution in [0.2, 0.25) is 0 Å². The van der Waals surface area contributed by atoms with E-state index in [4.69, 9.17) is 0 Å². The van der Waals surface area contributed by atoms with Gasteiger partial charge in [-0.2, -0.15) is 4.31 Å². The van der Waals surface area contributed by atoms with Gasteiger partial charge in [0.25, 0.3) is 0 Å². The van der Waals surface area contributed by atoms with E-state index >= 15 is 0 Å². The fourth-order valence-corrected chi connectivity index (χ4v) is 4.15. The Bertz CT molecular complexity index is 323. The maximum atomic E-state index is 12.2. The predicted octanol–water partition coefficient (Wildman–Crippen LogP) is 1.05. The van der Waals surface area contributed by atoms with E-state index in [-0.39, 0.29) is 11.3 Å². The van der Waals surface area contributed by atoms with Gasteiger partial charge in [0.15, 0.2) is 0 Å². The maximum absolute atomic E-state index is 12.2. The van der Waals surface area contributed by atoms with Crippen LogP contribution in [0.5, 0.6) is 0 Å². The van der Waals surface area contributed by atoms with Crippen molar-refractivity contribution in [1.82, 2.24) is 9.62 Å². The van der Waals surface area contributed by atoms with Gasteiger partial charge in [0.2, 0.25) is 10.0 Å². The fraction of sp³-hybridized carbons (Fsp3) is 1.00. The van der Waals surface area contributed by atoms with Gasteiger partial charge in [0.1, 0.15) is 0 Å². The third kappa shape index (κ3) is 3.43. The van der Waals surface area contributed by atoms with Crippen LogP contribution >= 0.6 is 0 Å². The molecule has 0 unspecified atom stereocenters. The molecule has 0 aliphatic carbocycles. The molecule has 1 saturated heterocycles. The first-order chi connectivity index (χ1) is 7.26. The van der Waals surface area contributed by atoms with Gasteiger partial charge in [-0.15, -0.1) is 0 Å². The minimum absolute atomic E-state index is 0.272.